The fourth-order valence-electron chi connectivity index (χ4n) is 3.53. The second-order valence-electron chi connectivity index (χ2n) is 8.00. The number of hydrogen-bond donors (Lipinski definition) is 2. The summed E-state index contributed by atoms with van der Waals surface area (Å²) in [4.78, 5) is 26.5. The van der Waals surface area contributed by atoms with Gasteiger partial charge in [0.2, 0.25) is 11.8 Å². The zero-order valence-electron chi connectivity index (χ0n) is 20.1. The number of halogens is 1. The average Bonchev–Trinajstić information content (AvgIpc) is 2.92. The van der Waals surface area contributed by atoms with Gasteiger partial charge in [-0.1, -0.05) is 72.3 Å². The molecule has 2 amide bonds. The summed E-state index contributed by atoms with van der Waals surface area (Å²) in [6.07, 6.45) is 3.26. The highest BCUT2D eigenvalue weighted by atomic mass is 35.5. The van der Waals surface area contributed by atoms with Gasteiger partial charge in [-0.25, -0.2) is 0 Å². The van der Waals surface area contributed by atoms with Gasteiger partial charge in [0.05, 0.1) is 12.1 Å². The summed E-state index contributed by atoms with van der Waals surface area (Å²) in [6.45, 7) is 0. The lowest BCUT2D eigenvalue weighted by Crippen LogP contribution is -2.19. The number of carbonyl (C=O) groups excluding carboxylic acids is 2. The summed E-state index contributed by atoms with van der Waals surface area (Å²) in [7, 11) is 1.54. The van der Waals surface area contributed by atoms with E-state index in [1.165, 1.54) is 17.8 Å². The highest BCUT2D eigenvalue weighted by Gasteiger charge is 2.22. The van der Waals surface area contributed by atoms with E-state index in [1.54, 1.807) is 31.4 Å². The second-order valence-corrected chi connectivity index (χ2v) is 9.59. The molecule has 1 unspecified atom stereocenters. The van der Waals surface area contributed by atoms with Crippen molar-refractivity contribution in [2.24, 2.45) is 0 Å². The molecule has 5 nitrogen and oxygen atoms in total. The molecular formula is C30H25ClN2O3S. The molecule has 0 saturated carbocycles. The van der Waals surface area contributed by atoms with Crippen molar-refractivity contribution in [1.82, 2.24) is 0 Å². The molecule has 37 heavy (non-hydrogen) atoms. The van der Waals surface area contributed by atoms with Crippen LogP contribution in [0.4, 0.5) is 11.4 Å². The number of thioether (sulfide) groups is 1. The van der Waals surface area contributed by atoms with Crippen molar-refractivity contribution in [3.05, 3.63) is 125 Å². The lowest BCUT2D eigenvalue weighted by molar-refractivity contribution is -0.116. The van der Waals surface area contributed by atoms with E-state index < -0.39 is 5.25 Å². The molecule has 0 spiro atoms. The maximum atomic E-state index is 13.3. The van der Waals surface area contributed by atoms with Gasteiger partial charge in [0.25, 0.3) is 0 Å². The number of nitrogens with one attached hydrogen (secondary N) is 2. The van der Waals surface area contributed by atoms with Crippen molar-refractivity contribution in [3.8, 4) is 5.75 Å². The number of hydrogen-bond acceptors (Lipinski definition) is 4. The van der Waals surface area contributed by atoms with Crippen molar-refractivity contribution in [3.63, 3.8) is 0 Å². The van der Waals surface area contributed by atoms with Crippen LogP contribution in [0.5, 0.6) is 5.75 Å². The molecule has 4 aromatic carbocycles. The minimum Gasteiger partial charge on any atom is -0.495 e. The van der Waals surface area contributed by atoms with E-state index in [9.17, 15) is 9.59 Å². The van der Waals surface area contributed by atoms with Gasteiger partial charge in [-0.3, -0.25) is 9.59 Å². The van der Waals surface area contributed by atoms with Gasteiger partial charge in [-0.05, 0) is 59.7 Å². The van der Waals surface area contributed by atoms with Crippen LogP contribution in [0.3, 0.4) is 0 Å². The van der Waals surface area contributed by atoms with E-state index in [0.717, 1.165) is 16.0 Å². The lowest BCUT2D eigenvalue weighted by atomic mass is 10.1. The normalized spacial score (nSPS) is 11.6. The van der Waals surface area contributed by atoms with E-state index in [0.29, 0.717) is 22.1 Å². The van der Waals surface area contributed by atoms with Crippen molar-refractivity contribution in [1.29, 1.82) is 0 Å². The summed E-state index contributed by atoms with van der Waals surface area (Å²) >= 11 is 7.65. The zero-order valence-corrected chi connectivity index (χ0v) is 21.6. The van der Waals surface area contributed by atoms with Gasteiger partial charge in [0.1, 0.15) is 11.0 Å². The van der Waals surface area contributed by atoms with Crippen LogP contribution < -0.4 is 15.4 Å². The van der Waals surface area contributed by atoms with Crippen LogP contribution in [-0.2, 0) is 9.59 Å². The first-order chi connectivity index (χ1) is 18.0. The molecular weight excluding hydrogens is 504 g/mol. The molecule has 2 N–H and O–H groups in total. The smallest absolute Gasteiger partial charge is 0.248 e. The molecule has 1 atom stereocenters. The quantitative estimate of drug-likeness (QED) is 0.175. The van der Waals surface area contributed by atoms with Gasteiger partial charge in [-0.2, -0.15) is 0 Å². The SMILES string of the molecule is COc1ccc(NC(=O)C(Sc2ccc(NC(=O)/C=C/c3ccccc3)cc2)c2ccccc2)cc1Cl. The van der Waals surface area contributed by atoms with Crippen LogP contribution in [-0.4, -0.2) is 18.9 Å². The Labute approximate surface area is 225 Å². The van der Waals surface area contributed by atoms with Crippen LogP contribution in [0, 0.1) is 0 Å². The Bertz CT molecular complexity index is 1380. The number of ether oxygens (including phenoxy) is 1. The van der Waals surface area contributed by atoms with Gasteiger partial charge >= 0.3 is 0 Å². The Balaban J connectivity index is 1.44. The Morgan fingerprint density at radius 3 is 2.14 bits per heavy atom. The molecule has 0 saturated heterocycles. The minimum atomic E-state index is -0.503. The highest BCUT2D eigenvalue weighted by Crippen LogP contribution is 2.37. The fraction of sp³-hybridized carbons (Fsp3) is 0.0667. The lowest BCUT2D eigenvalue weighted by Gasteiger charge is -2.18. The molecule has 0 radical (unpaired) electrons. The van der Waals surface area contributed by atoms with Crippen LogP contribution in [0.1, 0.15) is 16.4 Å². The third kappa shape index (κ3) is 7.49. The largest absolute Gasteiger partial charge is 0.495 e. The average molecular weight is 529 g/mol. The van der Waals surface area contributed by atoms with Crippen molar-refractivity contribution in [2.45, 2.75) is 10.1 Å². The molecule has 7 heteroatoms. The van der Waals surface area contributed by atoms with Gasteiger partial charge in [-0.15, -0.1) is 11.8 Å². The Morgan fingerprint density at radius 2 is 1.49 bits per heavy atom. The topological polar surface area (TPSA) is 67.4 Å². The first-order valence-corrected chi connectivity index (χ1v) is 12.8. The van der Waals surface area contributed by atoms with Gasteiger partial charge in [0.15, 0.2) is 0 Å². The van der Waals surface area contributed by atoms with E-state index in [1.807, 2.05) is 84.9 Å². The Hall–Kier alpha value is -4.00. The molecule has 0 aliphatic heterocycles. The third-order valence-corrected chi connectivity index (χ3v) is 6.92. The summed E-state index contributed by atoms with van der Waals surface area (Å²) in [5, 5.41) is 5.72. The number of rotatable bonds is 9. The predicted molar refractivity (Wildman–Crippen MR) is 152 cm³/mol. The molecule has 0 bridgehead atoms. The number of anilines is 2. The van der Waals surface area contributed by atoms with Crippen LogP contribution in [0.2, 0.25) is 5.02 Å². The maximum Gasteiger partial charge on any atom is 0.248 e. The Kier molecular flexibility index (Phi) is 9.03. The fourth-order valence-corrected chi connectivity index (χ4v) is 4.81. The van der Waals surface area contributed by atoms with Crippen molar-refractivity contribution in [2.75, 3.05) is 17.7 Å². The standard InChI is InChI=1S/C30H25ClN2O3S/c1-36-27-18-15-24(20-26(27)31)33-30(35)29(22-10-6-3-7-11-22)37-25-16-13-23(14-17-25)32-28(34)19-12-21-8-4-2-5-9-21/h2-20,29H,1H3,(H,32,34)(H,33,35)/b19-12+. The van der Waals surface area contributed by atoms with E-state index in [2.05, 4.69) is 10.6 Å². The first-order valence-electron chi connectivity index (χ1n) is 11.5. The number of amides is 2. The predicted octanol–water partition coefficient (Wildman–Crippen LogP) is 7.47. The minimum absolute atomic E-state index is 0.180. The molecule has 0 aliphatic carbocycles. The number of carbonyl (C=O) groups is 2. The molecule has 0 aromatic heterocycles. The van der Waals surface area contributed by atoms with Gasteiger partial charge in [0, 0.05) is 22.3 Å². The van der Waals surface area contributed by atoms with Crippen LogP contribution >= 0.6 is 23.4 Å². The van der Waals surface area contributed by atoms with Crippen molar-refractivity contribution >= 4 is 52.6 Å². The van der Waals surface area contributed by atoms with E-state index in [-0.39, 0.29) is 11.8 Å². The van der Waals surface area contributed by atoms with E-state index in [4.69, 9.17) is 16.3 Å². The molecule has 4 rings (SSSR count). The molecule has 186 valence electrons. The monoisotopic (exact) mass is 528 g/mol. The third-order valence-electron chi connectivity index (χ3n) is 5.36. The van der Waals surface area contributed by atoms with E-state index >= 15 is 0 Å². The van der Waals surface area contributed by atoms with Crippen molar-refractivity contribution < 1.29 is 14.3 Å². The molecule has 0 fully saturated rings. The number of benzene rings is 4. The summed E-state index contributed by atoms with van der Waals surface area (Å²) in [6, 6.07) is 31.7. The highest BCUT2D eigenvalue weighted by molar-refractivity contribution is 8.00. The summed E-state index contributed by atoms with van der Waals surface area (Å²) < 4.78 is 5.19. The Morgan fingerprint density at radius 1 is 0.838 bits per heavy atom. The number of methoxy groups -OCH3 is 1. The van der Waals surface area contributed by atoms with Crippen LogP contribution in [0.25, 0.3) is 6.08 Å². The summed E-state index contributed by atoms with van der Waals surface area (Å²) in [5.41, 5.74) is 3.07. The molecule has 0 aliphatic rings. The molecule has 0 heterocycles. The summed E-state index contributed by atoms with van der Waals surface area (Å²) in [5.74, 6) is 0.140. The van der Waals surface area contributed by atoms with Crippen LogP contribution in [0.15, 0.2) is 114 Å². The first kappa shape index (κ1) is 26.1. The molecule has 4 aromatic rings. The zero-order chi connectivity index (χ0) is 26.0. The maximum absolute atomic E-state index is 13.3. The van der Waals surface area contributed by atoms with Gasteiger partial charge < -0.3 is 15.4 Å². The second kappa shape index (κ2) is 12.8.